The van der Waals surface area contributed by atoms with E-state index in [1.807, 2.05) is 27.7 Å². The van der Waals surface area contributed by atoms with Crippen LogP contribution in [0.4, 0.5) is 10.2 Å². The van der Waals surface area contributed by atoms with E-state index in [4.69, 9.17) is 9.47 Å². The molecule has 3 aliphatic rings. The van der Waals surface area contributed by atoms with Crippen LogP contribution in [0.15, 0.2) is 30.7 Å². The Hall–Kier alpha value is -2.91. The van der Waals surface area contributed by atoms with Crippen molar-refractivity contribution in [2.24, 2.45) is 5.41 Å². The molecule has 12 nitrogen and oxygen atoms in total. The van der Waals surface area contributed by atoms with Crippen molar-refractivity contribution in [1.29, 1.82) is 0 Å². The number of halogens is 1. The Morgan fingerprint density at radius 2 is 1.87 bits per heavy atom. The second-order valence-corrected chi connectivity index (χ2v) is 14.9. The molecule has 2 aromatic rings. The molecule has 3 aliphatic heterocycles. The number of benzene rings is 1. The number of likely N-dealkylation sites (tertiary alicyclic amines) is 1. The molecule has 3 fully saturated rings. The number of carbonyl (C=O) groups excluding carboxylic acids is 1. The number of anilines is 1. The number of nitrogens with zero attached hydrogens (tertiary/aromatic N) is 5. The van der Waals surface area contributed by atoms with Crippen LogP contribution in [0.3, 0.4) is 0 Å². The van der Waals surface area contributed by atoms with Crippen LogP contribution in [-0.2, 0) is 14.9 Å². The summed E-state index contributed by atoms with van der Waals surface area (Å²) in [7, 11) is -3.48. The number of aromatic nitrogens is 2. The molecule has 0 unspecified atom stereocenters. The van der Waals surface area contributed by atoms with Gasteiger partial charge in [0.15, 0.2) is 11.6 Å². The molecule has 0 bridgehead atoms. The molecule has 1 amide bonds. The maximum Gasteiger partial charge on any atom is 0.277 e. The van der Waals surface area contributed by atoms with Crippen molar-refractivity contribution < 1.29 is 27.1 Å². The van der Waals surface area contributed by atoms with Crippen molar-refractivity contribution >= 4 is 21.9 Å². The van der Waals surface area contributed by atoms with E-state index in [0.717, 1.165) is 58.4 Å². The molecule has 2 N–H and O–H groups in total. The van der Waals surface area contributed by atoms with Crippen LogP contribution < -0.4 is 19.1 Å². The molecular formula is C32H48FN7O5S. The number of rotatable bonds is 12. The van der Waals surface area contributed by atoms with Gasteiger partial charge in [-0.1, -0.05) is 6.92 Å². The lowest BCUT2D eigenvalue weighted by atomic mass is 9.72. The third kappa shape index (κ3) is 8.14. The SMILES string of the molecule is CCNS(=O)(=O)N[C@@H]1CC[C@@H](CN2CCC3(CC2)CN(c2ncncc2Oc2ccc(F)cc2C(=O)N(C(C)C)C(C)C)C3)OC1. The molecular weight excluding hydrogens is 613 g/mol. The number of ether oxygens (including phenoxy) is 2. The largest absolute Gasteiger partial charge is 0.451 e. The molecule has 3 saturated heterocycles. The van der Waals surface area contributed by atoms with Crippen molar-refractivity contribution in [2.45, 2.75) is 84.5 Å². The summed E-state index contributed by atoms with van der Waals surface area (Å²) in [6.07, 6.45) is 6.87. The highest BCUT2D eigenvalue weighted by Crippen LogP contribution is 2.45. The van der Waals surface area contributed by atoms with Crippen molar-refractivity contribution in [3.8, 4) is 11.5 Å². The normalized spacial score (nSPS) is 21.9. The summed E-state index contributed by atoms with van der Waals surface area (Å²) in [6.45, 7) is 14.7. The average molecular weight is 662 g/mol. The zero-order valence-electron chi connectivity index (χ0n) is 27.5. The van der Waals surface area contributed by atoms with Crippen LogP contribution in [0.5, 0.6) is 11.5 Å². The first kappa shape index (κ1) is 34.4. The number of nitrogens with one attached hydrogen (secondary N) is 2. The Morgan fingerprint density at radius 1 is 1.15 bits per heavy atom. The lowest BCUT2D eigenvalue weighted by molar-refractivity contribution is -0.0299. The molecule has 4 heterocycles. The molecule has 46 heavy (non-hydrogen) atoms. The van der Waals surface area contributed by atoms with Gasteiger partial charge < -0.3 is 24.2 Å². The molecule has 5 rings (SSSR count). The van der Waals surface area contributed by atoms with Crippen molar-refractivity contribution in [3.05, 3.63) is 42.1 Å². The van der Waals surface area contributed by atoms with Crippen LogP contribution >= 0.6 is 0 Å². The predicted molar refractivity (Wildman–Crippen MR) is 174 cm³/mol. The summed E-state index contributed by atoms with van der Waals surface area (Å²) in [6, 6.07) is 3.67. The molecule has 14 heteroatoms. The molecule has 2 atom stereocenters. The fraction of sp³-hybridized carbons (Fsp3) is 0.656. The van der Waals surface area contributed by atoms with Gasteiger partial charge >= 0.3 is 0 Å². The van der Waals surface area contributed by atoms with Gasteiger partial charge in [-0.2, -0.15) is 13.1 Å². The number of amides is 1. The highest BCUT2D eigenvalue weighted by atomic mass is 32.2. The van der Waals surface area contributed by atoms with Crippen molar-refractivity contribution in [1.82, 2.24) is 29.2 Å². The minimum atomic E-state index is -3.48. The van der Waals surface area contributed by atoms with Crippen LogP contribution in [0.25, 0.3) is 0 Å². The highest BCUT2D eigenvalue weighted by Gasteiger charge is 2.46. The maximum atomic E-state index is 14.3. The van der Waals surface area contributed by atoms with Gasteiger partial charge in [0.2, 0.25) is 0 Å². The molecule has 0 saturated carbocycles. The van der Waals surface area contributed by atoms with Gasteiger partial charge in [0.05, 0.1) is 24.5 Å². The maximum absolute atomic E-state index is 14.3. The number of hydrogen-bond donors (Lipinski definition) is 2. The van der Waals surface area contributed by atoms with E-state index in [9.17, 15) is 17.6 Å². The summed E-state index contributed by atoms with van der Waals surface area (Å²) in [5.74, 6) is 0.556. The van der Waals surface area contributed by atoms with Gasteiger partial charge in [-0.05, 0) is 84.7 Å². The van der Waals surface area contributed by atoms with Crippen LogP contribution in [0.2, 0.25) is 0 Å². The molecule has 1 aromatic carbocycles. The van der Waals surface area contributed by atoms with Crippen LogP contribution in [0.1, 0.15) is 70.7 Å². The zero-order chi connectivity index (χ0) is 33.1. The molecule has 254 valence electrons. The highest BCUT2D eigenvalue weighted by molar-refractivity contribution is 7.87. The monoisotopic (exact) mass is 661 g/mol. The predicted octanol–water partition coefficient (Wildman–Crippen LogP) is 3.56. The van der Waals surface area contributed by atoms with E-state index in [0.29, 0.717) is 24.7 Å². The second-order valence-electron chi connectivity index (χ2n) is 13.4. The molecule has 1 aromatic heterocycles. The second kappa shape index (κ2) is 14.5. The van der Waals surface area contributed by atoms with E-state index >= 15 is 0 Å². The molecule has 0 aliphatic carbocycles. The fourth-order valence-electron chi connectivity index (χ4n) is 6.92. The van der Waals surface area contributed by atoms with E-state index in [1.165, 1.54) is 24.5 Å². The van der Waals surface area contributed by atoms with E-state index in [-0.39, 0.29) is 46.9 Å². The molecule has 1 spiro atoms. The summed E-state index contributed by atoms with van der Waals surface area (Å²) in [5, 5.41) is 0. The van der Waals surface area contributed by atoms with Crippen molar-refractivity contribution in [2.75, 3.05) is 50.8 Å². The summed E-state index contributed by atoms with van der Waals surface area (Å²) < 4.78 is 55.8. The number of carbonyl (C=O) groups is 1. The smallest absolute Gasteiger partial charge is 0.277 e. The van der Waals surface area contributed by atoms with Crippen molar-refractivity contribution in [3.63, 3.8) is 0 Å². The fourth-order valence-corrected chi connectivity index (χ4v) is 8.01. The average Bonchev–Trinajstić information content (AvgIpc) is 2.98. The lowest BCUT2D eigenvalue weighted by Gasteiger charge is -2.54. The Bertz CT molecular complexity index is 1440. The topological polar surface area (TPSA) is 129 Å². The van der Waals surface area contributed by atoms with E-state index < -0.39 is 16.0 Å². The number of piperidine rings is 1. The van der Waals surface area contributed by atoms with Gasteiger partial charge in [0.1, 0.15) is 17.9 Å². The Labute approximate surface area is 272 Å². The standard InChI is InChI=1S/C32H48FN7O5S/c1-6-36-46(42,43)37-25-8-9-26(44-18-25)17-38-13-11-32(12-14-38)19-39(20-32)30-29(16-34-21-35-30)45-28-10-7-24(33)15-27(28)31(41)40(22(2)3)23(4)5/h7,10,15-16,21-23,25-26,36-37H,6,8-9,11-14,17-20H2,1-5H3/t25-,26+/m1/s1. The Balaban J connectivity index is 1.15. The lowest BCUT2D eigenvalue weighted by Crippen LogP contribution is -2.61. The Morgan fingerprint density at radius 3 is 2.50 bits per heavy atom. The van der Waals surface area contributed by atoms with Gasteiger partial charge in [-0.3, -0.25) is 4.79 Å². The van der Waals surface area contributed by atoms with Gasteiger partial charge in [-0.25, -0.2) is 19.1 Å². The van der Waals surface area contributed by atoms with Gasteiger partial charge in [-0.15, -0.1) is 0 Å². The van der Waals surface area contributed by atoms with E-state index in [2.05, 4.69) is 29.2 Å². The summed E-state index contributed by atoms with van der Waals surface area (Å²) in [5.41, 5.74) is 0.352. The molecule has 0 radical (unpaired) electrons. The number of hydrogen-bond acceptors (Lipinski definition) is 9. The third-order valence-electron chi connectivity index (χ3n) is 9.16. The summed E-state index contributed by atoms with van der Waals surface area (Å²) >= 11 is 0. The Kier molecular flexibility index (Phi) is 10.8. The minimum Gasteiger partial charge on any atom is -0.451 e. The van der Waals surface area contributed by atoms with Crippen LogP contribution in [0, 0.1) is 11.2 Å². The zero-order valence-corrected chi connectivity index (χ0v) is 28.4. The first-order valence-electron chi connectivity index (χ1n) is 16.3. The van der Waals surface area contributed by atoms with Gasteiger partial charge in [0, 0.05) is 49.7 Å². The minimum absolute atomic E-state index is 0.0676. The first-order chi connectivity index (χ1) is 21.9. The van der Waals surface area contributed by atoms with E-state index in [1.54, 1.807) is 18.0 Å². The third-order valence-corrected chi connectivity index (χ3v) is 10.5. The van der Waals surface area contributed by atoms with Crippen LogP contribution in [-0.4, -0.2) is 104 Å². The first-order valence-corrected chi connectivity index (χ1v) is 17.8. The van der Waals surface area contributed by atoms with Gasteiger partial charge in [0.25, 0.3) is 16.1 Å². The summed E-state index contributed by atoms with van der Waals surface area (Å²) in [4.78, 5) is 28.6. The quantitative estimate of drug-likeness (QED) is 0.351.